The summed E-state index contributed by atoms with van der Waals surface area (Å²) in [5, 5.41) is 15.7. The topological polar surface area (TPSA) is 92.4 Å². The van der Waals surface area contributed by atoms with Crippen LogP contribution in [0.25, 0.3) is 0 Å². The summed E-state index contributed by atoms with van der Waals surface area (Å²) >= 11 is 0. The number of nitrogens with zero attached hydrogens (tertiary/aromatic N) is 1. The van der Waals surface area contributed by atoms with Crippen molar-refractivity contribution < 1.29 is 19.2 Å². The third-order valence-electron chi connectivity index (χ3n) is 3.27. The third-order valence-corrected chi connectivity index (χ3v) is 3.27. The molecule has 0 aliphatic heterocycles. The van der Waals surface area contributed by atoms with Crippen molar-refractivity contribution in [3.63, 3.8) is 0 Å². The Bertz CT molecular complexity index is 495. The lowest BCUT2D eigenvalue weighted by atomic mass is 9.84. The first-order chi connectivity index (χ1) is 9.60. The van der Waals surface area contributed by atoms with E-state index in [0.717, 1.165) is 5.56 Å². The van der Waals surface area contributed by atoms with E-state index < -0.39 is 11.9 Å². The van der Waals surface area contributed by atoms with Crippen molar-refractivity contribution in [3.05, 3.63) is 17.0 Å². The fourth-order valence-electron chi connectivity index (χ4n) is 2.20. The first kappa shape index (κ1) is 17.2. The van der Waals surface area contributed by atoms with Crippen molar-refractivity contribution in [1.82, 2.24) is 10.5 Å². The van der Waals surface area contributed by atoms with Crippen LogP contribution < -0.4 is 5.32 Å². The monoisotopic (exact) mass is 296 g/mol. The highest BCUT2D eigenvalue weighted by molar-refractivity contribution is 5.80. The summed E-state index contributed by atoms with van der Waals surface area (Å²) in [4.78, 5) is 23.2. The molecule has 1 aromatic heterocycles. The minimum absolute atomic E-state index is 0.102. The number of amides is 1. The lowest BCUT2D eigenvalue weighted by Gasteiger charge is -2.23. The number of carboxylic acids is 1. The minimum atomic E-state index is -0.887. The maximum Gasteiger partial charge on any atom is 0.308 e. The van der Waals surface area contributed by atoms with Gasteiger partial charge in [0.2, 0.25) is 5.91 Å². The summed E-state index contributed by atoms with van der Waals surface area (Å²) in [7, 11) is 0. The fourth-order valence-corrected chi connectivity index (χ4v) is 2.20. The maximum atomic E-state index is 11.9. The predicted octanol–water partition coefficient (Wildman–Crippen LogP) is 2.09. The summed E-state index contributed by atoms with van der Waals surface area (Å²) in [5.74, 6) is -1.07. The molecule has 6 nitrogen and oxygen atoms in total. The first-order valence-electron chi connectivity index (χ1n) is 7.01. The van der Waals surface area contributed by atoms with Gasteiger partial charge in [0.05, 0.1) is 18.0 Å². The highest BCUT2D eigenvalue weighted by atomic mass is 16.5. The van der Waals surface area contributed by atoms with Crippen molar-refractivity contribution >= 4 is 11.9 Å². The zero-order valence-electron chi connectivity index (χ0n) is 13.3. The Labute approximate surface area is 124 Å². The van der Waals surface area contributed by atoms with Crippen LogP contribution in [-0.4, -0.2) is 28.7 Å². The van der Waals surface area contributed by atoms with Crippen LogP contribution in [0, 0.1) is 25.2 Å². The molecular formula is C15H24N2O4. The van der Waals surface area contributed by atoms with E-state index in [9.17, 15) is 14.7 Å². The lowest BCUT2D eigenvalue weighted by Crippen LogP contribution is -2.35. The molecule has 21 heavy (non-hydrogen) atoms. The number of carbonyl (C=O) groups is 2. The van der Waals surface area contributed by atoms with Crippen molar-refractivity contribution in [3.8, 4) is 0 Å². The molecule has 0 aromatic carbocycles. The van der Waals surface area contributed by atoms with Gasteiger partial charge in [-0.1, -0.05) is 25.9 Å². The zero-order chi connectivity index (χ0) is 16.2. The number of carboxylic acid groups (broad SMARTS) is 1. The normalized spacial score (nSPS) is 13.0. The molecule has 0 saturated carbocycles. The summed E-state index contributed by atoms with van der Waals surface area (Å²) in [6.07, 6.45) is 0.664. The SMILES string of the molecule is Cc1noc(C)c1CC(=O)NCC(CC(C)(C)C)C(=O)O. The van der Waals surface area contributed by atoms with Crippen LogP contribution in [-0.2, 0) is 16.0 Å². The molecule has 118 valence electrons. The van der Waals surface area contributed by atoms with E-state index in [1.165, 1.54) is 0 Å². The second-order valence-electron chi connectivity index (χ2n) is 6.58. The standard InChI is InChI=1S/C15H24N2O4/c1-9-12(10(2)21-17-9)6-13(18)16-8-11(14(19)20)7-15(3,4)5/h11H,6-8H2,1-5H3,(H,16,18)(H,19,20). The quantitative estimate of drug-likeness (QED) is 0.838. The van der Waals surface area contributed by atoms with Crippen LogP contribution >= 0.6 is 0 Å². The predicted molar refractivity (Wildman–Crippen MR) is 77.9 cm³/mol. The van der Waals surface area contributed by atoms with Gasteiger partial charge in [-0.05, 0) is 25.7 Å². The van der Waals surface area contributed by atoms with Gasteiger partial charge in [-0.15, -0.1) is 0 Å². The molecule has 0 saturated heterocycles. The summed E-state index contributed by atoms with van der Waals surface area (Å²) in [6, 6.07) is 0. The minimum Gasteiger partial charge on any atom is -0.481 e. The molecule has 1 unspecified atom stereocenters. The zero-order valence-corrected chi connectivity index (χ0v) is 13.3. The molecule has 0 bridgehead atoms. The van der Waals surface area contributed by atoms with Gasteiger partial charge < -0.3 is 14.9 Å². The Hall–Kier alpha value is -1.85. The van der Waals surface area contributed by atoms with Crippen LogP contribution in [0.5, 0.6) is 0 Å². The number of carbonyl (C=O) groups excluding carboxylic acids is 1. The van der Waals surface area contributed by atoms with E-state index in [1.54, 1.807) is 13.8 Å². The van der Waals surface area contributed by atoms with Crippen molar-refractivity contribution in [2.45, 2.75) is 47.5 Å². The van der Waals surface area contributed by atoms with E-state index in [1.807, 2.05) is 20.8 Å². The molecule has 6 heteroatoms. The summed E-state index contributed by atoms with van der Waals surface area (Å²) in [6.45, 7) is 9.60. The molecule has 0 radical (unpaired) electrons. The molecule has 0 aliphatic rings. The molecule has 0 spiro atoms. The van der Waals surface area contributed by atoms with E-state index >= 15 is 0 Å². The van der Waals surface area contributed by atoms with Crippen LogP contribution in [0.3, 0.4) is 0 Å². The van der Waals surface area contributed by atoms with E-state index in [2.05, 4.69) is 10.5 Å². The van der Waals surface area contributed by atoms with E-state index in [0.29, 0.717) is 17.9 Å². The van der Waals surface area contributed by atoms with Gasteiger partial charge in [-0.2, -0.15) is 0 Å². The second kappa shape index (κ2) is 6.74. The van der Waals surface area contributed by atoms with Gasteiger partial charge in [0.1, 0.15) is 5.76 Å². The molecule has 1 heterocycles. The number of aryl methyl sites for hydroxylation is 2. The lowest BCUT2D eigenvalue weighted by molar-refractivity contribution is -0.142. The van der Waals surface area contributed by atoms with Gasteiger partial charge in [0, 0.05) is 12.1 Å². The summed E-state index contributed by atoms with van der Waals surface area (Å²) in [5.41, 5.74) is 1.34. The molecule has 1 aromatic rings. The van der Waals surface area contributed by atoms with E-state index in [4.69, 9.17) is 4.52 Å². The number of hydrogen-bond donors (Lipinski definition) is 2. The average Bonchev–Trinajstić information content (AvgIpc) is 2.64. The third kappa shape index (κ3) is 5.57. The first-order valence-corrected chi connectivity index (χ1v) is 7.01. The Balaban J connectivity index is 2.56. The second-order valence-corrected chi connectivity index (χ2v) is 6.58. The number of hydrogen-bond acceptors (Lipinski definition) is 4. The van der Waals surface area contributed by atoms with Gasteiger partial charge in [0.15, 0.2) is 0 Å². The Morgan fingerprint density at radius 2 is 1.95 bits per heavy atom. The highest BCUT2D eigenvalue weighted by Gasteiger charge is 2.25. The number of aromatic nitrogens is 1. The largest absolute Gasteiger partial charge is 0.481 e. The smallest absolute Gasteiger partial charge is 0.308 e. The molecule has 0 fully saturated rings. The molecule has 1 atom stereocenters. The molecule has 1 rings (SSSR count). The highest BCUT2D eigenvalue weighted by Crippen LogP contribution is 2.24. The molecule has 2 N–H and O–H groups in total. The van der Waals surface area contributed by atoms with Crippen LogP contribution in [0.1, 0.15) is 44.2 Å². The number of rotatable bonds is 6. The average molecular weight is 296 g/mol. The number of nitrogens with one attached hydrogen (secondary N) is 1. The van der Waals surface area contributed by atoms with Crippen molar-refractivity contribution in [2.24, 2.45) is 11.3 Å². The van der Waals surface area contributed by atoms with Gasteiger partial charge in [-0.25, -0.2) is 0 Å². The fraction of sp³-hybridized carbons (Fsp3) is 0.667. The van der Waals surface area contributed by atoms with Gasteiger partial charge >= 0.3 is 5.97 Å². The number of aliphatic carboxylic acids is 1. The summed E-state index contributed by atoms with van der Waals surface area (Å²) < 4.78 is 5.00. The van der Waals surface area contributed by atoms with Crippen molar-refractivity contribution in [2.75, 3.05) is 6.54 Å². The molecule has 1 amide bonds. The van der Waals surface area contributed by atoms with Crippen LogP contribution in [0.2, 0.25) is 0 Å². The van der Waals surface area contributed by atoms with Crippen LogP contribution in [0.15, 0.2) is 4.52 Å². The van der Waals surface area contributed by atoms with Crippen LogP contribution in [0.4, 0.5) is 0 Å². The molecular weight excluding hydrogens is 272 g/mol. The Morgan fingerprint density at radius 3 is 2.38 bits per heavy atom. The van der Waals surface area contributed by atoms with Gasteiger partial charge in [-0.3, -0.25) is 9.59 Å². The Morgan fingerprint density at radius 1 is 1.33 bits per heavy atom. The van der Waals surface area contributed by atoms with Gasteiger partial charge in [0.25, 0.3) is 0 Å². The van der Waals surface area contributed by atoms with E-state index in [-0.39, 0.29) is 24.3 Å². The maximum absolute atomic E-state index is 11.9. The Kier molecular flexibility index (Phi) is 5.52. The molecule has 0 aliphatic carbocycles. The van der Waals surface area contributed by atoms with Crippen molar-refractivity contribution in [1.29, 1.82) is 0 Å².